The minimum atomic E-state index is 0.496. The maximum Gasteiger partial charge on any atom is 0.182 e. The highest BCUT2D eigenvalue weighted by atomic mass is 15.0. The Morgan fingerprint density at radius 3 is 1.55 bits per heavy atom. The predicted molar refractivity (Wildman–Crippen MR) is 150 cm³/mol. The summed E-state index contributed by atoms with van der Waals surface area (Å²) in [6.45, 7) is 0. The topological polar surface area (TPSA) is 77.3 Å². The van der Waals surface area contributed by atoms with Gasteiger partial charge >= 0.3 is 0 Å². The highest BCUT2D eigenvalue weighted by Crippen LogP contribution is 2.29. The van der Waals surface area contributed by atoms with Gasteiger partial charge in [-0.2, -0.15) is 0 Å². The van der Waals surface area contributed by atoms with Gasteiger partial charge in [-0.15, -0.1) is 0 Å². The molecular formula is C32H20N6. The summed E-state index contributed by atoms with van der Waals surface area (Å²) >= 11 is 0. The van der Waals surface area contributed by atoms with Crippen LogP contribution in [0.2, 0.25) is 0 Å². The number of benzene rings is 3. The molecule has 0 aliphatic carbocycles. The second-order valence-electron chi connectivity index (χ2n) is 8.88. The van der Waals surface area contributed by atoms with E-state index in [1.165, 1.54) is 0 Å². The molecule has 0 saturated heterocycles. The molecule has 0 aliphatic rings. The highest BCUT2D eigenvalue weighted by molar-refractivity contribution is 6.04. The van der Waals surface area contributed by atoms with Crippen LogP contribution in [0, 0.1) is 0 Å². The molecule has 0 saturated carbocycles. The van der Waals surface area contributed by atoms with Crippen LogP contribution in [0.1, 0.15) is 0 Å². The average molecular weight is 489 g/mol. The van der Waals surface area contributed by atoms with E-state index in [-0.39, 0.29) is 0 Å². The van der Waals surface area contributed by atoms with Crippen LogP contribution in [-0.2, 0) is 0 Å². The first kappa shape index (κ1) is 21.9. The van der Waals surface area contributed by atoms with E-state index in [1.807, 2.05) is 78.9 Å². The van der Waals surface area contributed by atoms with Crippen molar-refractivity contribution in [3.63, 3.8) is 0 Å². The van der Waals surface area contributed by atoms with E-state index in [0.29, 0.717) is 23.2 Å². The first-order valence-electron chi connectivity index (χ1n) is 12.3. The molecule has 0 aliphatic heterocycles. The summed E-state index contributed by atoms with van der Waals surface area (Å²) < 4.78 is 0. The third-order valence-electron chi connectivity index (χ3n) is 6.41. The summed E-state index contributed by atoms with van der Waals surface area (Å²) in [6.07, 6.45) is 3.49. The van der Waals surface area contributed by atoms with Crippen molar-refractivity contribution >= 4 is 21.8 Å². The fraction of sp³-hybridized carbons (Fsp3) is 0. The van der Waals surface area contributed by atoms with Crippen LogP contribution in [0.5, 0.6) is 0 Å². The molecule has 0 bridgehead atoms. The minimum Gasteiger partial charge on any atom is -0.264 e. The van der Waals surface area contributed by atoms with Crippen LogP contribution >= 0.6 is 0 Å². The molecule has 6 heteroatoms. The summed E-state index contributed by atoms with van der Waals surface area (Å²) in [6, 6.07) is 36.2. The average Bonchev–Trinajstić information content (AvgIpc) is 3.01. The Morgan fingerprint density at radius 1 is 0.368 bits per heavy atom. The second kappa shape index (κ2) is 9.26. The van der Waals surface area contributed by atoms with Crippen molar-refractivity contribution in [1.82, 2.24) is 29.9 Å². The Hall–Kier alpha value is -5.36. The fourth-order valence-electron chi connectivity index (χ4n) is 4.49. The van der Waals surface area contributed by atoms with Crippen molar-refractivity contribution in [3.05, 3.63) is 122 Å². The molecule has 0 amide bonds. The van der Waals surface area contributed by atoms with E-state index in [9.17, 15) is 0 Å². The molecule has 4 aromatic heterocycles. The maximum atomic E-state index is 5.05. The minimum absolute atomic E-state index is 0.496. The van der Waals surface area contributed by atoms with Gasteiger partial charge in [0.05, 0.1) is 16.7 Å². The lowest BCUT2D eigenvalue weighted by Gasteiger charge is -2.09. The number of nitrogens with zero attached hydrogens (tertiary/aromatic N) is 6. The van der Waals surface area contributed by atoms with Crippen molar-refractivity contribution in [2.75, 3.05) is 0 Å². The van der Waals surface area contributed by atoms with Gasteiger partial charge in [-0.05, 0) is 24.3 Å². The van der Waals surface area contributed by atoms with Gasteiger partial charge in [0.15, 0.2) is 17.5 Å². The maximum absolute atomic E-state index is 5.05. The molecule has 0 spiro atoms. The first-order valence-corrected chi connectivity index (χ1v) is 12.3. The van der Waals surface area contributed by atoms with Crippen molar-refractivity contribution < 1.29 is 0 Å². The molecule has 0 fully saturated rings. The Balaban J connectivity index is 1.43. The first-order chi connectivity index (χ1) is 18.8. The molecule has 178 valence electrons. The number of pyridine rings is 3. The van der Waals surface area contributed by atoms with Gasteiger partial charge in [0, 0.05) is 39.9 Å². The smallest absolute Gasteiger partial charge is 0.182 e. The molecule has 0 N–H and O–H groups in total. The van der Waals surface area contributed by atoms with Gasteiger partial charge in [0.25, 0.3) is 0 Å². The van der Waals surface area contributed by atoms with E-state index in [1.54, 1.807) is 12.4 Å². The zero-order valence-electron chi connectivity index (χ0n) is 20.2. The molecule has 6 nitrogen and oxygen atoms in total. The Bertz CT molecular complexity index is 1850. The van der Waals surface area contributed by atoms with Gasteiger partial charge in [0.1, 0.15) is 5.69 Å². The van der Waals surface area contributed by atoms with Crippen LogP contribution in [0.4, 0.5) is 0 Å². The van der Waals surface area contributed by atoms with Crippen LogP contribution in [0.25, 0.3) is 67.4 Å². The van der Waals surface area contributed by atoms with E-state index >= 15 is 0 Å². The molecule has 4 heterocycles. The largest absolute Gasteiger partial charge is 0.264 e. The Morgan fingerprint density at radius 2 is 0.895 bits per heavy atom. The third kappa shape index (κ3) is 4.04. The molecule has 7 rings (SSSR count). The normalized spacial score (nSPS) is 11.2. The quantitative estimate of drug-likeness (QED) is 0.248. The zero-order chi connectivity index (χ0) is 25.3. The monoisotopic (exact) mass is 488 g/mol. The fourth-order valence-corrected chi connectivity index (χ4v) is 4.49. The number of fused-ring (bicyclic) bond motifs is 3. The van der Waals surface area contributed by atoms with Crippen LogP contribution in [-0.4, -0.2) is 29.9 Å². The lowest BCUT2D eigenvalue weighted by Crippen LogP contribution is -2.01. The lowest BCUT2D eigenvalue weighted by molar-refractivity contribution is 1.06. The number of hydrogen-bond acceptors (Lipinski definition) is 6. The van der Waals surface area contributed by atoms with Crippen LogP contribution in [0.15, 0.2) is 122 Å². The summed E-state index contributed by atoms with van der Waals surface area (Å²) in [7, 11) is 0. The second-order valence-corrected chi connectivity index (χ2v) is 8.88. The van der Waals surface area contributed by atoms with Crippen molar-refractivity contribution in [3.8, 4) is 45.6 Å². The molecule has 38 heavy (non-hydrogen) atoms. The van der Waals surface area contributed by atoms with Crippen molar-refractivity contribution in [2.45, 2.75) is 0 Å². The van der Waals surface area contributed by atoms with E-state index in [2.05, 4.69) is 35.3 Å². The van der Waals surface area contributed by atoms with Crippen molar-refractivity contribution in [1.29, 1.82) is 0 Å². The lowest BCUT2D eigenvalue weighted by atomic mass is 10.1. The van der Waals surface area contributed by atoms with Gasteiger partial charge in [-0.3, -0.25) is 4.98 Å². The van der Waals surface area contributed by atoms with Gasteiger partial charge in [-0.25, -0.2) is 24.9 Å². The molecule has 0 radical (unpaired) electrons. The standard InChI is InChI=1S/C32H20N6/c1-3-8-21(9-4-1)26-17-15-22-13-14-23-16-18-27(35-29(23)28(22)34-26)32-37-30(24-10-5-2-6-11-24)36-31(38-32)25-12-7-19-33-20-25/h1-20H. The number of rotatable bonds is 4. The number of aromatic nitrogens is 6. The number of hydrogen-bond donors (Lipinski definition) is 0. The van der Waals surface area contributed by atoms with Crippen LogP contribution < -0.4 is 0 Å². The Labute approximate surface area is 218 Å². The highest BCUT2D eigenvalue weighted by Gasteiger charge is 2.15. The SMILES string of the molecule is c1ccc(-c2ccc3ccc4ccc(-c5nc(-c6ccccc6)nc(-c6cccnc6)n5)nc4c3n2)cc1. The van der Waals surface area contributed by atoms with Gasteiger partial charge < -0.3 is 0 Å². The summed E-state index contributed by atoms with van der Waals surface area (Å²) in [5.41, 5.74) is 5.99. The van der Waals surface area contributed by atoms with Gasteiger partial charge in [-0.1, -0.05) is 84.9 Å². The zero-order valence-corrected chi connectivity index (χ0v) is 20.2. The molecule has 3 aromatic carbocycles. The van der Waals surface area contributed by atoms with E-state index in [4.69, 9.17) is 24.9 Å². The molecule has 0 atom stereocenters. The van der Waals surface area contributed by atoms with E-state index in [0.717, 1.165) is 44.2 Å². The van der Waals surface area contributed by atoms with Crippen molar-refractivity contribution in [2.24, 2.45) is 0 Å². The molecule has 7 aromatic rings. The summed E-state index contributed by atoms with van der Waals surface area (Å²) in [5.74, 6) is 1.63. The molecular weight excluding hydrogens is 468 g/mol. The third-order valence-corrected chi connectivity index (χ3v) is 6.41. The van der Waals surface area contributed by atoms with Gasteiger partial charge in [0.2, 0.25) is 0 Å². The molecule has 0 unspecified atom stereocenters. The van der Waals surface area contributed by atoms with E-state index < -0.39 is 0 Å². The summed E-state index contributed by atoms with van der Waals surface area (Å²) in [4.78, 5) is 28.7. The summed E-state index contributed by atoms with van der Waals surface area (Å²) in [5, 5.41) is 2.03. The van der Waals surface area contributed by atoms with Crippen LogP contribution in [0.3, 0.4) is 0 Å². The Kier molecular flexibility index (Phi) is 5.33. The predicted octanol–water partition coefficient (Wildman–Crippen LogP) is 7.03.